The molecule has 0 aliphatic heterocycles. The molecule has 18 heavy (non-hydrogen) atoms. The van der Waals surface area contributed by atoms with Crippen molar-refractivity contribution in [1.29, 1.82) is 0 Å². The molecule has 0 amide bonds. The summed E-state index contributed by atoms with van der Waals surface area (Å²) >= 11 is 0. The fourth-order valence-corrected chi connectivity index (χ4v) is 2.04. The minimum atomic E-state index is -0.905. The lowest BCUT2D eigenvalue weighted by atomic mass is 9.78. The quantitative estimate of drug-likeness (QED) is 0.516. The Morgan fingerprint density at radius 3 is 2.22 bits per heavy atom. The van der Waals surface area contributed by atoms with Crippen LogP contribution in [0.1, 0.15) is 46.5 Å². The molecule has 1 saturated carbocycles. The van der Waals surface area contributed by atoms with Gasteiger partial charge in [-0.1, -0.05) is 20.3 Å². The third-order valence-electron chi connectivity index (χ3n) is 3.45. The van der Waals surface area contributed by atoms with Crippen LogP contribution in [0.15, 0.2) is 0 Å². The Morgan fingerprint density at radius 2 is 1.83 bits per heavy atom. The van der Waals surface area contributed by atoms with E-state index < -0.39 is 11.9 Å². The van der Waals surface area contributed by atoms with Crippen LogP contribution in [0.5, 0.6) is 0 Å². The Morgan fingerprint density at radius 1 is 1.22 bits per heavy atom. The Labute approximate surface area is 108 Å². The standard InChI is InChI=1S/C14H22O4/c1-4-18-14(17)11(13(16)9(2)3)8-12(15)10-6-5-7-10/h9-11H,4-8H2,1-3H3. The van der Waals surface area contributed by atoms with Gasteiger partial charge in [0.1, 0.15) is 17.5 Å². The molecule has 0 N–H and O–H groups in total. The van der Waals surface area contributed by atoms with Gasteiger partial charge in [0.2, 0.25) is 0 Å². The zero-order valence-corrected chi connectivity index (χ0v) is 11.4. The second-order valence-electron chi connectivity index (χ2n) is 5.16. The summed E-state index contributed by atoms with van der Waals surface area (Å²) < 4.78 is 4.90. The van der Waals surface area contributed by atoms with E-state index in [2.05, 4.69) is 0 Å². The van der Waals surface area contributed by atoms with Crippen molar-refractivity contribution >= 4 is 17.5 Å². The van der Waals surface area contributed by atoms with Crippen molar-refractivity contribution in [2.75, 3.05) is 6.61 Å². The maximum Gasteiger partial charge on any atom is 0.316 e. The van der Waals surface area contributed by atoms with Crippen molar-refractivity contribution in [3.05, 3.63) is 0 Å². The van der Waals surface area contributed by atoms with Gasteiger partial charge in [0.05, 0.1) is 6.61 Å². The van der Waals surface area contributed by atoms with Gasteiger partial charge in [-0.05, 0) is 19.8 Å². The van der Waals surface area contributed by atoms with Crippen LogP contribution in [-0.4, -0.2) is 24.1 Å². The highest BCUT2D eigenvalue weighted by molar-refractivity contribution is 6.03. The minimum absolute atomic E-state index is 0.0144. The van der Waals surface area contributed by atoms with Crippen molar-refractivity contribution in [2.45, 2.75) is 46.5 Å². The summed E-state index contributed by atoms with van der Waals surface area (Å²) in [5.41, 5.74) is 0. The first-order chi connectivity index (χ1) is 8.47. The first-order valence-corrected chi connectivity index (χ1v) is 6.70. The summed E-state index contributed by atoms with van der Waals surface area (Å²) in [5, 5.41) is 0. The van der Waals surface area contributed by atoms with E-state index in [9.17, 15) is 14.4 Å². The molecule has 0 heterocycles. The van der Waals surface area contributed by atoms with Gasteiger partial charge in [-0.15, -0.1) is 0 Å². The predicted octanol–water partition coefficient (Wildman–Crippen LogP) is 2.15. The molecule has 0 aromatic rings. The summed E-state index contributed by atoms with van der Waals surface area (Å²) in [5.74, 6) is -1.81. The average molecular weight is 254 g/mol. The number of rotatable bonds is 7. The van der Waals surface area contributed by atoms with Gasteiger partial charge in [0, 0.05) is 18.3 Å². The second-order valence-corrected chi connectivity index (χ2v) is 5.16. The van der Waals surface area contributed by atoms with E-state index in [1.807, 2.05) is 0 Å². The summed E-state index contributed by atoms with van der Waals surface area (Å²) in [7, 11) is 0. The fourth-order valence-electron chi connectivity index (χ4n) is 2.04. The zero-order valence-electron chi connectivity index (χ0n) is 11.4. The third-order valence-corrected chi connectivity index (χ3v) is 3.45. The molecule has 1 aliphatic carbocycles. The highest BCUT2D eigenvalue weighted by Gasteiger charge is 2.35. The maximum absolute atomic E-state index is 12.0. The Hall–Kier alpha value is -1.19. The second kappa shape index (κ2) is 6.66. The summed E-state index contributed by atoms with van der Waals surface area (Å²) in [6, 6.07) is 0. The van der Waals surface area contributed by atoms with Crippen LogP contribution >= 0.6 is 0 Å². The molecule has 4 nitrogen and oxygen atoms in total. The van der Waals surface area contributed by atoms with Crippen molar-refractivity contribution in [1.82, 2.24) is 0 Å². The van der Waals surface area contributed by atoms with Crippen LogP contribution in [0.4, 0.5) is 0 Å². The minimum Gasteiger partial charge on any atom is -0.465 e. The Balaban J connectivity index is 2.67. The molecular formula is C14H22O4. The van der Waals surface area contributed by atoms with Crippen LogP contribution in [0.25, 0.3) is 0 Å². The van der Waals surface area contributed by atoms with Crippen LogP contribution < -0.4 is 0 Å². The molecule has 102 valence electrons. The third kappa shape index (κ3) is 3.65. The van der Waals surface area contributed by atoms with Gasteiger partial charge in [0.15, 0.2) is 0 Å². The van der Waals surface area contributed by atoms with E-state index in [0.29, 0.717) is 0 Å². The molecule has 0 saturated heterocycles. The van der Waals surface area contributed by atoms with E-state index in [1.165, 1.54) is 0 Å². The first-order valence-electron chi connectivity index (χ1n) is 6.70. The molecule has 4 heteroatoms. The maximum atomic E-state index is 12.0. The van der Waals surface area contributed by atoms with Gasteiger partial charge in [0.25, 0.3) is 0 Å². The zero-order chi connectivity index (χ0) is 13.7. The van der Waals surface area contributed by atoms with Crippen LogP contribution in [0, 0.1) is 17.8 Å². The molecule has 0 aromatic heterocycles. The van der Waals surface area contributed by atoms with Crippen molar-refractivity contribution < 1.29 is 19.1 Å². The van der Waals surface area contributed by atoms with Crippen LogP contribution in [0.3, 0.4) is 0 Å². The molecule has 0 spiro atoms. The number of hydrogen-bond donors (Lipinski definition) is 0. The van der Waals surface area contributed by atoms with E-state index in [-0.39, 0.29) is 36.4 Å². The molecule has 0 bridgehead atoms. The highest BCUT2D eigenvalue weighted by atomic mass is 16.5. The summed E-state index contributed by atoms with van der Waals surface area (Å²) in [6.45, 7) is 5.41. The number of carbonyl (C=O) groups excluding carboxylic acids is 3. The van der Waals surface area contributed by atoms with E-state index in [0.717, 1.165) is 19.3 Å². The molecule has 0 aromatic carbocycles. The van der Waals surface area contributed by atoms with E-state index >= 15 is 0 Å². The van der Waals surface area contributed by atoms with Gasteiger partial charge >= 0.3 is 5.97 Å². The SMILES string of the molecule is CCOC(=O)C(CC(=O)C1CCC1)C(=O)C(C)C. The van der Waals surface area contributed by atoms with Crippen molar-refractivity contribution in [2.24, 2.45) is 17.8 Å². The topological polar surface area (TPSA) is 60.4 Å². The number of Topliss-reactive ketones (excluding diaryl/α,β-unsaturated/α-hetero) is 2. The lowest BCUT2D eigenvalue weighted by Gasteiger charge is -2.25. The van der Waals surface area contributed by atoms with Gasteiger partial charge in [-0.3, -0.25) is 14.4 Å². The average Bonchev–Trinajstić information content (AvgIpc) is 2.22. The van der Waals surface area contributed by atoms with E-state index in [4.69, 9.17) is 4.74 Å². The monoisotopic (exact) mass is 254 g/mol. The van der Waals surface area contributed by atoms with Crippen molar-refractivity contribution in [3.63, 3.8) is 0 Å². The largest absolute Gasteiger partial charge is 0.465 e. The summed E-state index contributed by atoms with van der Waals surface area (Å²) in [4.78, 5) is 35.6. The van der Waals surface area contributed by atoms with Gasteiger partial charge < -0.3 is 4.74 Å². The highest BCUT2D eigenvalue weighted by Crippen LogP contribution is 2.30. The Kier molecular flexibility index (Phi) is 5.51. The number of hydrogen-bond acceptors (Lipinski definition) is 4. The van der Waals surface area contributed by atoms with Gasteiger partial charge in [-0.2, -0.15) is 0 Å². The van der Waals surface area contributed by atoms with Gasteiger partial charge in [-0.25, -0.2) is 0 Å². The lowest BCUT2D eigenvalue weighted by Crippen LogP contribution is -2.34. The smallest absolute Gasteiger partial charge is 0.316 e. The number of ether oxygens (including phenoxy) is 1. The molecule has 0 radical (unpaired) electrons. The first kappa shape index (κ1) is 14.9. The number of ketones is 2. The number of carbonyl (C=O) groups is 3. The Bertz CT molecular complexity index is 329. The molecule has 1 fully saturated rings. The van der Waals surface area contributed by atoms with Crippen LogP contribution in [0.2, 0.25) is 0 Å². The molecule has 1 atom stereocenters. The summed E-state index contributed by atoms with van der Waals surface area (Å²) in [6.07, 6.45) is 2.87. The molecule has 1 unspecified atom stereocenters. The molecule has 1 aliphatic rings. The molecule has 1 rings (SSSR count). The fraction of sp³-hybridized carbons (Fsp3) is 0.786. The lowest BCUT2D eigenvalue weighted by molar-refractivity contribution is -0.154. The normalized spacial score (nSPS) is 17.1. The van der Waals surface area contributed by atoms with Crippen molar-refractivity contribution in [3.8, 4) is 0 Å². The predicted molar refractivity (Wildman–Crippen MR) is 66.9 cm³/mol. The number of esters is 1. The van der Waals surface area contributed by atoms with E-state index in [1.54, 1.807) is 20.8 Å². The van der Waals surface area contributed by atoms with Crippen LogP contribution in [-0.2, 0) is 19.1 Å². The molecular weight excluding hydrogens is 232 g/mol.